The molecular weight excluding hydrogens is 412 g/mol. The summed E-state index contributed by atoms with van der Waals surface area (Å²) in [6, 6.07) is 0. The van der Waals surface area contributed by atoms with E-state index in [1.165, 1.54) is 109 Å². The van der Waals surface area contributed by atoms with Crippen LogP contribution in [0.4, 0.5) is 0 Å². The van der Waals surface area contributed by atoms with E-state index < -0.39 is 11.9 Å². The van der Waals surface area contributed by atoms with Gasteiger partial charge in [-0.3, -0.25) is 9.59 Å². The van der Waals surface area contributed by atoms with E-state index in [2.05, 4.69) is 6.58 Å². The fourth-order valence-electron chi connectivity index (χ4n) is 4.30. The molecule has 0 aromatic rings. The largest absolute Gasteiger partial charge is 0.481 e. The highest BCUT2D eigenvalue weighted by atomic mass is 16.5. The number of allylic oxidation sites excluding steroid dienone is 1. The van der Waals surface area contributed by atoms with Crippen LogP contribution in [0.1, 0.15) is 148 Å². The van der Waals surface area contributed by atoms with Crippen LogP contribution in [0, 0.1) is 5.92 Å². The van der Waals surface area contributed by atoms with Crippen molar-refractivity contribution in [1.82, 2.24) is 0 Å². The van der Waals surface area contributed by atoms with Crippen LogP contribution in [-0.4, -0.2) is 23.7 Å². The molecule has 0 rings (SSSR count). The van der Waals surface area contributed by atoms with Gasteiger partial charge in [0.05, 0.1) is 18.9 Å². The average molecular weight is 467 g/mol. The highest BCUT2D eigenvalue weighted by Gasteiger charge is 2.21. The van der Waals surface area contributed by atoms with Crippen LogP contribution >= 0.6 is 0 Å². The molecule has 33 heavy (non-hydrogen) atoms. The second-order valence-electron chi connectivity index (χ2n) is 9.69. The molecule has 0 heterocycles. The van der Waals surface area contributed by atoms with E-state index >= 15 is 0 Å². The molecule has 0 fully saturated rings. The molecule has 4 nitrogen and oxygen atoms in total. The van der Waals surface area contributed by atoms with Crippen LogP contribution in [0.3, 0.4) is 0 Å². The molecule has 0 aromatic heterocycles. The Balaban J connectivity index is 3.35. The zero-order valence-corrected chi connectivity index (χ0v) is 21.8. The number of rotatable bonds is 26. The molecule has 0 saturated carbocycles. The fraction of sp³-hybridized carbons (Fsp3) is 0.862. The van der Waals surface area contributed by atoms with Crippen LogP contribution in [0.2, 0.25) is 0 Å². The molecule has 0 spiro atoms. The lowest BCUT2D eigenvalue weighted by molar-refractivity contribution is -0.151. The molecule has 1 atom stereocenters. The van der Waals surface area contributed by atoms with Crippen LogP contribution < -0.4 is 0 Å². The number of carbonyl (C=O) groups is 2. The lowest BCUT2D eigenvalue weighted by atomic mass is 9.97. The zero-order valence-electron chi connectivity index (χ0n) is 21.8. The lowest BCUT2D eigenvalue weighted by Crippen LogP contribution is -2.19. The van der Waals surface area contributed by atoms with Gasteiger partial charge in [-0.15, -0.1) is 6.58 Å². The predicted molar refractivity (Wildman–Crippen MR) is 140 cm³/mol. The Kier molecular flexibility index (Phi) is 24.3. The minimum atomic E-state index is -0.877. The smallest absolute Gasteiger partial charge is 0.307 e. The average Bonchev–Trinajstić information content (AvgIpc) is 2.80. The van der Waals surface area contributed by atoms with Gasteiger partial charge < -0.3 is 9.84 Å². The van der Waals surface area contributed by atoms with Gasteiger partial charge in [-0.25, -0.2) is 0 Å². The summed E-state index contributed by atoms with van der Waals surface area (Å²) in [4.78, 5) is 23.0. The Labute approximate surface area is 204 Å². The third kappa shape index (κ3) is 23.6. The molecule has 0 saturated heterocycles. The molecule has 1 N–H and O–H groups in total. The summed E-state index contributed by atoms with van der Waals surface area (Å²) in [6.45, 7) is 6.08. The standard InChI is InChI=1S/C29H54O4/c1-3-5-6-7-8-9-10-11-12-13-14-15-16-17-18-19-20-21-22-23-24-27(29(31)32)26-28(30)33-25-4-2/h3,27H,1,4-26H2,2H3,(H,31,32). The summed E-state index contributed by atoms with van der Waals surface area (Å²) < 4.78 is 5.01. The second-order valence-corrected chi connectivity index (χ2v) is 9.69. The molecule has 0 bridgehead atoms. The zero-order chi connectivity index (χ0) is 24.4. The number of aliphatic carboxylic acids is 1. The second kappa shape index (κ2) is 25.3. The molecule has 0 amide bonds. The number of hydrogen-bond acceptors (Lipinski definition) is 3. The van der Waals surface area contributed by atoms with Gasteiger partial charge in [0, 0.05) is 0 Å². The van der Waals surface area contributed by atoms with Crippen molar-refractivity contribution in [3.8, 4) is 0 Å². The maximum absolute atomic E-state index is 11.6. The normalized spacial score (nSPS) is 11.9. The van der Waals surface area contributed by atoms with E-state index in [1.807, 2.05) is 13.0 Å². The molecule has 0 aliphatic rings. The van der Waals surface area contributed by atoms with Crippen molar-refractivity contribution in [1.29, 1.82) is 0 Å². The summed E-state index contributed by atoms with van der Waals surface area (Å²) in [6.07, 6.45) is 28.2. The summed E-state index contributed by atoms with van der Waals surface area (Å²) in [5.41, 5.74) is 0. The number of carbonyl (C=O) groups excluding carboxylic acids is 1. The number of ether oxygens (including phenoxy) is 1. The van der Waals surface area contributed by atoms with E-state index in [-0.39, 0.29) is 12.4 Å². The van der Waals surface area contributed by atoms with Crippen LogP contribution in [0.15, 0.2) is 12.7 Å². The Morgan fingerprint density at radius 1 is 0.727 bits per heavy atom. The van der Waals surface area contributed by atoms with Crippen molar-refractivity contribution in [3.63, 3.8) is 0 Å². The van der Waals surface area contributed by atoms with Gasteiger partial charge in [0.2, 0.25) is 0 Å². The number of esters is 1. The molecule has 194 valence electrons. The lowest BCUT2D eigenvalue weighted by Gasteiger charge is -2.11. The van der Waals surface area contributed by atoms with E-state index in [1.54, 1.807) is 0 Å². The number of unbranched alkanes of at least 4 members (excludes halogenated alkanes) is 18. The number of hydrogen-bond donors (Lipinski definition) is 1. The van der Waals surface area contributed by atoms with E-state index in [9.17, 15) is 14.7 Å². The molecular formula is C29H54O4. The van der Waals surface area contributed by atoms with E-state index in [4.69, 9.17) is 4.74 Å². The minimum Gasteiger partial charge on any atom is -0.481 e. The first-order valence-corrected chi connectivity index (χ1v) is 14.1. The summed E-state index contributed by atoms with van der Waals surface area (Å²) in [5, 5.41) is 9.30. The molecule has 1 unspecified atom stereocenters. The minimum absolute atomic E-state index is 0.00571. The third-order valence-corrected chi connectivity index (χ3v) is 6.44. The van der Waals surface area contributed by atoms with Crippen LogP contribution in [0.25, 0.3) is 0 Å². The van der Waals surface area contributed by atoms with Crippen molar-refractivity contribution in [3.05, 3.63) is 12.7 Å². The van der Waals surface area contributed by atoms with Crippen molar-refractivity contribution in [2.24, 2.45) is 5.92 Å². The summed E-state index contributed by atoms with van der Waals surface area (Å²) >= 11 is 0. The van der Waals surface area contributed by atoms with Crippen LogP contribution in [-0.2, 0) is 14.3 Å². The first-order valence-electron chi connectivity index (χ1n) is 14.1. The summed E-state index contributed by atoms with van der Waals surface area (Å²) in [7, 11) is 0. The number of carboxylic acid groups (broad SMARTS) is 1. The van der Waals surface area contributed by atoms with Crippen molar-refractivity contribution < 1.29 is 19.4 Å². The highest BCUT2D eigenvalue weighted by molar-refractivity contribution is 5.78. The molecule has 0 aromatic carbocycles. The fourth-order valence-corrected chi connectivity index (χ4v) is 4.30. The van der Waals surface area contributed by atoms with E-state index in [0.29, 0.717) is 13.0 Å². The van der Waals surface area contributed by atoms with E-state index in [0.717, 1.165) is 19.3 Å². The number of carboxylic acids is 1. The first-order chi connectivity index (χ1) is 16.1. The van der Waals surface area contributed by atoms with Gasteiger partial charge in [0.25, 0.3) is 0 Å². The van der Waals surface area contributed by atoms with Gasteiger partial charge in [0.15, 0.2) is 0 Å². The quantitative estimate of drug-likeness (QED) is 0.0784. The molecule has 0 radical (unpaired) electrons. The maximum Gasteiger partial charge on any atom is 0.307 e. The molecule has 0 aliphatic carbocycles. The van der Waals surface area contributed by atoms with Crippen molar-refractivity contribution >= 4 is 11.9 Å². The topological polar surface area (TPSA) is 63.6 Å². The third-order valence-electron chi connectivity index (χ3n) is 6.44. The molecule has 4 heteroatoms. The van der Waals surface area contributed by atoms with Crippen LogP contribution in [0.5, 0.6) is 0 Å². The molecule has 0 aliphatic heterocycles. The van der Waals surface area contributed by atoms with Gasteiger partial charge in [-0.1, -0.05) is 122 Å². The van der Waals surface area contributed by atoms with Gasteiger partial charge in [-0.05, 0) is 25.7 Å². The first kappa shape index (κ1) is 31.7. The Bertz CT molecular complexity index is 461. The van der Waals surface area contributed by atoms with Gasteiger partial charge in [0.1, 0.15) is 0 Å². The maximum atomic E-state index is 11.6. The highest BCUT2D eigenvalue weighted by Crippen LogP contribution is 2.18. The van der Waals surface area contributed by atoms with Gasteiger partial charge >= 0.3 is 11.9 Å². The van der Waals surface area contributed by atoms with Crippen molar-refractivity contribution in [2.45, 2.75) is 148 Å². The van der Waals surface area contributed by atoms with Gasteiger partial charge in [-0.2, -0.15) is 0 Å². The van der Waals surface area contributed by atoms with Crippen molar-refractivity contribution in [2.75, 3.05) is 6.61 Å². The predicted octanol–water partition coefficient (Wildman–Crippen LogP) is 9.02. The monoisotopic (exact) mass is 466 g/mol. The summed E-state index contributed by atoms with van der Waals surface area (Å²) in [5.74, 6) is -1.85. The Hall–Kier alpha value is -1.32. The Morgan fingerprint density at radius 2 is 1.12 bits per heavy atom. The Morgan fingerprint density at radius 3 is 1.48 bits per heavy atom. The SMILES string of the molecule is C=CCCCCCCCCCCCCCCCCCCCCC(CC(=O)OCCC)C(=O)O.